The van der Waals surface area contributed by atoms with Crippen molar-refractivity contribution in [3.8, 4) is 0 Å². The highest BCUT2D eigenvalue weighted by Gasteiger charge is 2.20. The molecule has 0 unspecified atom stereocenters. The summed E-state index contributed by atoms with van der Waals surface area (Å²) < 4.78 is 0. The molecule has 2 rings (SSSR count). The van der Waals surface area contributed by atoms with Gasteiger partial charge in [-0.3, -0.25) is 4.99 Å². The number of hydrogen-bond acceptors (Lipinski definition) is 2. The highest BCUT2D eigenvalue weighted by atomic mass is 127. The minimum Gasteiger partial charge on any atom is -0.356 e. The highest BCUT2D eigenvalue weighted by Crippen LogP contribution is 2.21. The molecular weight excluding hydrogens is 435 g/mol. The van der Waals surface area contributed by atoms with Crippen LogP contribution in [0.15, 0.2) is 53.7 Å². The van der Waals surface area contributed by atoms with Crippen molar-refractivity contribution in [1.82, 2.24) is 15.6 Å². The average molecular weight is 459 g/mol. The zero-order chi connectivity index (χ0) is 16.7. The van der Waals surface area contributed by atoms with Crippen LogP contribution in [0.2, 0.25) is 5.15 Å². The first kappa shape index (κ1) is 20.7. The second-order valence-corrected chi connectivity index (χ2v) is 6.41. The number of rotatable bonds is 5. The largest absolute Gasteiger partial charge is 0.356 e. The van der Waals surface area contributed by atoms with Crippen molar-refractivity contribution in [2.45, 2.75) is 25.8 Å². The van der Waals surface area contributed by atoms with Crippen molar-refractivity contribution in [2.75, 3.05) is 13.6 Å². The summed E-state index contributed by atoms with van der Waals surface area (Å²) in [6, 6.07) is 14.2. The van der Waals surface area contributed by atoms with Gasteiger partial charge in [0.15, 0.2) is 5.96 Å². The van der Waals surface area contributed by atoms with Crippen molar-refractivity contribution in [1.29, 1.82) is 0 Å². The van der Waals surface area contributed by atoms with Crippen LogP contribution in [0.4, 0.5) is 0 Å². The van der Waals surface area contributed by atoms with Crippen LogP contribution in [-0.2, 0) is 12.0 Å². The van der Waals surface area contributed by atoms with Crippen LogP contribution in [0.1, 0.15) is 25.0 Å². The Kier molecular flexibility index (Phi) is 8.48. The fourth-order valence-corrected chi connectivity index (χ4v) is 2.33. The van der Waals surface area contributed by atoms with Crippen LogP contribution >= 0.6 is 35.6 Å². The van der Waals surface area contributed by atoms with Crippen molar-refractivity contribution >= 4 is 41.5 Å². The first-order chi connectivity index (χ1) is 11.0. The number of halogens is 2. The minimum atomic E-state index is 0. The van der Waals surface area contributed by atoms with Crippen molar-refractivity contribution < 1.29 is 0 Å². The van der Waals surface area contributed by atoms with Crippen LogP contribution in [0.5, 0.6) is 0 Å². The number of aromatic nitrogens is 1. The van der Waals surface area contributed by atoms with E-state index in [1.165, 1.54) is 5.56 Å². The molecule has 0 aliphatic carbocycles. The Bertz CT molecular complexity index is 642. The normalized spacial score (nSPS) is 11.6. The second kappa shape index (κ2) is 9.84. The zero-order valence-corrected chi connectivity index (χ0v) is 17.3. The van der Waals surface area contributed by atoms with Crippen molar-refractivity contribution in [3.63, 3.8) is 0 Å². The second-order valence-electron chi connectivity index (χ2n) is 6.02. The number of nitrogens with zero attached hydrogens (tertiary/aromatic N) is 2. The summed E-state index contributed by atoms with van der Waals surface area (Å²) in [5, 5.41) is 7.17. The number of pyridine rings is 1. The maximum Gasteiger partial charge on any atom is 0.191 e. The third-order valence-corrected chi connectivity index (χ3v) is 3.95. The van der Waals surface area contributed by atoms with Crippen molar-refractivity contribution in [3.05, 3.63) is 64.9 Å². The number of guanidine groups is 1. The minimum absolute atomic E-state index is 0. The molecule has 0 fully saturated rings. The lowest BCUT2D eigenvalue weighted by Gasteiger charge is -2.26. The standard InChI is InChI=1S/C18H23ClN4.HI/c1-18(2,15-7-5-4-6-8-15)13-23-17(20-3)22-12-14-9-10-16(19)21-11-14;/h4-11H,12-13H2,1-3H3,(H2,20,22,23);1H. The third-order valence-electron chi connectivity index (χ3n) is 3.73. The summed E-state index contributed by atoms with van der Waals surface area (Å²) >= 11 is 5.79. The summed E-state index contributed by atoms with van der Waals surface area (Å²) in [5.74, 6) is 0.768. The first-order valence-corrected chi connectivity index (χ1v) is 7.99. The quantitative estimate of drug-likeness (QED) is 0.308. The van der Waals surface area contributed by atoms with E-state index in [0.29, 0.717) is 11.7 Å². The molecule has 2 aromatic rings. The molecule has 0 aliphatic heterocycles. The van der Waals surface area contributed by atoms with E-state index in [9.17, 15) is 0 Å². The van der Waals surface area contributed by atoms with Crippen LogP contribution < -0.4 is 10.6 Å². The van der Waals surface area contributed by atoms with E-state index in [1.807, 2.05) is 12.1 Å². The van der Waals surface area contributed by atoms with Crippen LogP contribution in [0.25, 0.3) is 0 Å². The summed E-state index contributed by atoms with van der Waals surface area (Å²) in [4.78, 5) is 8.34. The molecule has 4 nitrogen and oxygen atoms in total. The molecule has 0 amide bonds. The lowest BCUT2D eigenvalue weighted by atomic mass is 9.85. The summed E-state index contributed by atoms with van der Waals surface area (Å²) in [6.45, 7) is 5.86. The van der Waals surface area contributed by atoms with E-state index in [-0.39, 0.29) is 29.4 Å². The van der Waals surface area contributed by atoms with Gasteiger partial charge in [-0.1, -0.05) is 61.8 Å². The molecule has 0 atom stereocenters. The zero-order valence-electron chi connectivity index (χ0n) is 14.2. The fraction of sp³-hybridized carbons (Fsp3) is 0.333. The summed E-state index contributed by atoms with van der Waals surface area (Å²) in [6.07, 6.45) is 1.76. The Morgan fingerprint density at radius 2 is 1.83 bits per heavy atom. The van der Waals surface area contributed by atoms with Gasteiger partial charge in [0.25, 0.3) is 0 Å². The van der Waals surface area contributed by atoms with E-state index >= 15 is 0 Å². The van der Waals surface area contributed by atoms with Gasteiger partial charge in [-0.2, -0.15) is 0 Å². The topological polar surface area (TPSA) is 49.3 Å². The van der Waals surface area contributed by atoms with Gasteiger partial charge in [0.05, 0.1) is 0 Å². The van der Waals surface area contributed by atoms with E-state index in [2.05, 4.69) is 58.7 Å². The van der Waals surface area contributed by atoms with Crippen LogP contribution in [0, 0.1) is 0 Å². The Morgan fingerprint density at radius 3 is 2.42 bits per heavy atom. The van der Waals surface area contributed by atoms with E-state index in [1.54, 1.807) is 19.3 Å². The molecule has 24 heavy (non-hydrogen) atoms. The number of nitrogens with one attached hydrogen (secondary N) is 2. The Hall–Kier alpha value is -1.34. The third kappa shape index (κ3) is 6.28. The number of benzene rings is 1. The summed E-state index contributed by atoms with van der Waals surface area (Å²) in [5.41, 5.74) is 2.37. The maximum atomic E-state index is 5.79. The molecule has 0 saturated heterocycles. The molecule has 0 saturated carbocycles. The van der Waals surface area contributed by atoms with Gasteiger partial charge in [-0.05, 0) is 17.2 Å². The Morgan fingerprint density at radius 1 is 1.12 bits per heavy atom. The van der Waals surface area contributed by atoms with E-state index < -0.39 is 0 Å². The Labute approximate surface area is 166 Å². The Balaban J connectivity index is 0.00000288. The van der Waals surface area contributed by atoms with Gasteiger partial charge in [-0.25, -0.2) is 4.98 Å². The SMILES string of the molecule is CN=C(NCc1ccc(Cl)nc1)NCC(C)(C)c1ccccc1.I. The maximum absolute atomic E-state index is 5.79. The molecule has 2 N–H and O–H groups in total. The average Bonchev–Trinajstić information content (AvgIpc) is 2.57. The van der Waals surface area contributed by atoms with Crippen LogP contribution in [0.3, 0.4) is 0 Å². The predicted molar refractivity (Wildman–Crippen MR) is 112 cm³/mol. The fourth-order valence-electron chi connectivity index (χ4n) is 2.21. The van der Waals surface area contributed by atoms with Gasteiger partial charge in [0.2, 0.25) is 0 Å². The predicted octanol–water partition coefficient (Wildman–Crippen LogP) is 4.00. The molecule has 0 spiro atoms. The van der Waals surface area contributed by atoms with Gasteiger partial charge in [-0.15, -0.1) is 24.0 Å². The highest BCUT2D eigenvalue weighted by molar-refractivity contribution is 14.0. The lowest BCUT2D eigenvalue weighted by molar-refractivity contribution is 0.508. The molecule has 1 aromatic carbocycles. The molecule has 1 aromatic heterocycles. The molecule has 0 radical (unpaired) electrons. The van der Waals surface area contributed by atoms with Gasteiger partial charge in [0.1, 0.15) is 5.15 Å². The molecule has 1 heterocycles. The van der Waals surface area contributed by atoms with Crippen molar-refractivity contribution in [2.24, 2.45) is 4.99 Å². The number of hydrogen-bond donors (Lipinski definition) is 2. The summed E-state index contributed by atoms with van der Waals surface area (Å²) in [7, 11) is 1.77. The van der Waals surface area contributed by atoms with E-state index in [0.717, 1.165) is 18.1 Å². The van der Waals surface area contributed by atoms with Gasteiger partial charge in [0, 0.05) is 31.7 Å². The smallest absolute Gasteiger partial charge is 0.191 e. The van der Waals surface area contributed by atoms with E-state index in [4.69, 9.17) is 11.6 Å². The van der Waals surface area contributed by atoms with Crippen LogP contribution in [-0.4, -0.2) is 24.5 Å². The monoisotopic (exact) mass is 458 g/mol. The molecule has 0 bridgehead atoms. The number of aliphatic imine (C=N–C) groups is 1. The van der Waals surface area contributed by atoms with Gasteiger partial charge < -0.3 is 10.6 Å². The molecule has 130 valence electrons. The molecular formula is C18H24ClIN4. The first-order valence-electron chi connectivity index (χ1n) is 7.62. The van der Waals surface area contributed by atoms with Gasteiger partial charge >= 0.3 is 0 Å². The molecule has 0 aliphatic rings. The lowest BCUT2D eigenvalue weighted by Crippen LogP contribution is -2.43. The molecule has 6 heteroatoms.